The predicted molar refractivity (Wildman–Crippen MR) is 152 cm³/mol. The first-order chi connectivity index (χ1) is 17.2. The number of hydrogen-bond acceptors (Lipinski definition) is 3. The molecular formula is C33H59NO2. The van der Waals surface area contributed by atoms with Crippen molar-refractivity contribution >= 4 is 0 Å². The minimum atomic E-state index is 0.189. The third-order valence-electron chi connectivity index (χ3n) is 12.1. The van der Waals surface area contributed by atoms with Gasteiger partial charge in [-0.25, -0.2) is 0 Å². The zero-order valence-electron chi connectivity index (χ0n) is 24.5. The summed E-state index contributed by atoms with van der Waals surface area (Å²) >= 11 is 0. The van der Waals surface area contributed by atoms with Gasteiger partial charge in [-0.15, -0.1) is 0 Å². The molecule has 4 unspecified atom stereocenters. The molecule has 36 heavy (non-hydrogen) atoms. The molecule has 0 spiro atoms. The average Bonchev–Trinajstić information content (AvgIpc) is 3.20. The Bertz CT molecular complexity index is 727. The van der Waals surface area contributed by atoms with E-state index >= 15 is 0 Å². The summed E-state index contributed by atoms with van der Waals surface area (Å²) in [7, 11) is 0. The van der Waals surface area contributed by atoms with Crippen LogP contribution in [0.5, 0.6) is 0 Å². The summed E-state index contributed by atoms with van der Waals surface area (Å²) in [6.07, 6.45) is 19.5. The van der Waals surface area contributed by atoms with E-state index in [9.17, 15) is 10.2 Å². The van der Waals surface area contributed by atoms with E-state index < -0.39 is 0 Å². The lowest BCUT2D eigenvalue weighted by Crippen LogP contribution is -2.50. The van der Waals surface area contributed by atoms with Crippen LogP contribution in [0.15, 0.2) is 11.6 Å². The first-order valence-electron chi connectivity index (χ1n) is 15.9. The summed E-state index contributed by atoms with van der Waals surface area (Å²) in [5.41, 5.74) is 2.83. The van der Waals surface area contributed by atoms with Crippen molar-refractivity contribution in [3.8, 4) is 0 Å². The molecule has 0 aliphatic heterocycles. The van der Waals surface area contributed by atoms with Gasteiger partial charge in [0.2, 0.25) is 0 Å². The van der Waals surface area contributed by atoms with Crippen molar-refractivity contribution in [3.63, 3.8) is 0 Å². The van der Waals surface area contributed by atoms with Crippen molar-refractivity contribution in [2.24, 2.45) is 52.3 Å². The molecule has 3 fully saturated rings. The largest absolute Gasteiger partial charge is 0.395 e. The normalized spacial score (nSPS) is 39.0. The number of nitrogens with zero attached hydrogens (tertiary/aromatic N) is 1. The van der Waals surface area contributed by atoms with E-state index in [0.29, 0.717) is 23.9 Å². The molecule has 0 aromatic carbocycles. The van der Waals surface area contributed by atoms with Gasteiger partial charge in [-0.1, -0.05) is 65.5 Å². The zero-order valence-corrected chi connectivity index (χ0v) is 24.5. The Labute approximate surface area is 223 Å². The van der Waals surface area contributed by atoms with Crippen LogP contribution in [-0.4, -0.2) is 48.0 Å². The fourth-order valence-corrected chi connectivity index (χ4v) is 9.99. The third kappa shape index (κ3) is 5.79. The number of aliphatic hydroxyl groups is 2. The molecule has 4 aliphatic rings. The smallest absolute Gasteiger partial charge is 0.0558 e. The highest BCUT2D eigenvalue weighted by molar-refractivity contribution is 5.25. The lowest BCUT2D eigenvalue weighted by atomic mass is 9.46. The molecule has 8 atom stereocenters. The maximum absolute atomic E-state index is 9.35. The van der Waals surface area contributed by atoms with Crippen LogP contribution in [0.4, 0.5) is 0 Å². The number of fused-ring (bicyclic) bond motifs is 5. The molecular weight excluding hydrogens is 442 g/mol. The van der Waals surface area contributed by atoms with E-state index in [-0.39, 0.29) is 13.2 Å². The van der Waals surface area contributed by atoms with Gasteiger partial charge in [-0.3, -0.25) is 4.90 Å². The van der Waals surface area contributed by atoms with Gasteiger partial charge >= 0.3 is 0 Å². The molecule has 0 radical (unpaired) electrons. The molecule has 0 aromatic rings. The maximum atomic E-state index is 9.35. The van der Waals surface area contributed by atoms with Crippen molar-refractivity contribution in [2.75, 3.05) is 32.8 Å². The lowest BCUT2D eigenvalue weighted by Gasteiger charge is -2.58. The van der Waals surface area contributed by atoms with Gasteiger partial charge in [-0.05, 0) is 117 Å². The summed E-state index contributed by atoms with van der Waals surface area (Å²) in [5, 5.41) is 18.7. The number of hydrogen-bond donors (Lipinski definition) is 2. The Balaban J connectivity index is 1.38. The van der Waals surface area contributed by atoms with E-state index in [0.717, 1.165) is 48.0 Å². The van der Waals surface area contributed by atoms with Crippen LogP contribution in [0.1, 0.15) is 112 Å². The fraction of sp³-hybridized carbons (Fsp3) is 0.939. The Morgan fingerprint density at radius 1 is 0.917 bits per heavy atom. The van der Waals surface area contributed by atoms with Crippen LogP contribution in [-0.2, 0) is 0 Å². The summed E-state index contributed by atoms with van der Waals surface area (Å²) in [4.78, 5) is 2.24. The van der Waals surface area contributed by atoms with Crippen LogP contribution >= 0.6 is 0 Å². The van der Waals surface area contributed by atoms with E-state index in [4.69, 9.17) is 0 Å². The van der Waals surface area contributed by atoms with Crippen molar-refractivity contribution in [1.82, 2.24) is 4.90 Å². The molecule has 2 N–H and O–H groups in total. The van der Waals surface area contributed by atoms with Crippen LogP contribution in [0.2, 0.25) is 0 Å². The maximum Gasteiger partial charge on any atom is 0.0558 e. The highest BCUT2D eigenvalue weighted by Gasteiger charge is 2.59. The second kappa shape index (κ2) is 12.2. The lowest BCUT2D eigenvalue weighted by molar-refractivity contribution is -0.0531. The van der Waals surface area contributed by atoms with Gasteiger partial charge < -0.3 is 10.2 Å². The highest BCUT2D eigenvalue weighted by atomic mass is 16.3. The monoisotopic (exact) mass is 501 g/mol. The van der Waals surface area contributed by atoms with Gasteiger partial charge in [0.15, 0.2) is 0 Å². The van der Waals surface area contributed by atoms with Gasteiger partial charge in [0.25, 0.3) is 0 Å². The second-order valence-corrected chi connectivity index (χ2v) is 14.5. The quantitative estimate of drug-likeness (QED) is 0.275. The van der Waals surface area contributed by atoms with E-state index in [1.807, 2.05) is 0 Å². The van der Waals surface area contributed by atoms with Crippen LogP contribution in [0, 0.1) is 52.3 Å². The summed E-state index contributed by atoms with van der Waals surface area (Å²) in [5.74, 6) is 6.25. The Morgan fingerprint density at radius 3 is 2.36 bits per heavy atom. The van der Waals surface area contributed by atoms with E-state index in [1.54, 1.807) is 5.57 Å². The van der Waals surface area contributed by atoms with Gasteiger partial charge in [0.1, 0.15) is 0 Å². The molecule has 3 saturated carbocycles. The fourth-order valence-electron chi connectivity index (χ4n) is 9.99. The molecule has 0 amide bonds. The predicted octanol–water partition coefficient (Wildman–Crippen LogP) is 7.32. The summed E-state index contributed by atoms with van der Waals surface area (Å²) in [6.45, 7) is 15.5. The minimum Gasteiger partial charge on any atom is -0.395 e. The third-order valence-corrected chi connectivity index (χ3v) is 12.1. The Kier molecular flexibility index (Phi) is 9.71. The van der Waals surface area contributed by atoms with Crippen molar-refractivity contribution < 1.29 is 10.2 Å². The second-order valence-electron chi connectivity index (χ2n) is 14.5. The Morgan fingerprint density at radius 2 is 1.67 bits per heavy atom. The molecule has 208 valence electrons. The number of allylic oxidation sites excluding steroid dienone is 2. The van der Waals surface area contributed by atoms with Crippen LogP contribution in [0.3, 0.4) is 0 Å². The SMILES string of the molecule is CC(C)CCC[C@@H](C)[C@H]1CCC2C3CC=C4CC(CCN(CCO)CCO)CC[C@]4(C)C3CC[C@@]21C. The van der Waals surface area contributed by atoms with Crippen LogP contribution < -0.4 is 0 Å². The molecule has 3 nitrogen and oxygen atoms in total. The summed E-state index contributed by atoms with van der Waals surface area (Å²) in [6, 6.07) is 0. The van der Waals surface area contributed by atoms with Crippen LogP contribution in [0.25, 0.3) is 0 Å². The van der Waals surface area contributed by atoms with Gasteiger partial charge in [0, 0.05) is 13.1 Å². The number of aliphatic hydroxyl groups excluding tert-OH is 2. The van der Waals surface area contributed by atoms with Crippen molar-refractivity contribution in [2.45, 2.75) is 112 Å². The molecule has 3 heteroatoms. The average molecular weight is 502 g/mol. The van der Waals surface area contributed by atoms with Crippen molar-refractivity contribution in [1.29, 1.82) is 0 Å². The topological polar surface area (TPSA) is 43.7 Å². The highest BCUT2D eigenvalue weighted by Crippen LogP contribution is 2.67. The minimum absolute atomic E-state index is 0.189. The zero-order chi connectivity index (χ0) is 25.9. The van der Waals surface area contributed by atoms with Gasteiger partial charge in [-0.2, -0.15) is 0 Å². The number of rotatable bonds is 12. The molecule has 0 saturated heterocycles. The molecule has 0 heterocycles. The first-order valence-corrected chi connectivity index (χ1v) is 15.9. The Hall–Kier alpha value is -0.380. The molecule has 0 bridgehead atoms. The standard InChI is InChI=1S/C33H59NO2/c1-24(2)7-6-8-25(3)29-11-12-30-28-10-9-27-23-26(15-18-34(19-21-35)20-22-36)13-16-32(27,4)31(28)14-17-33(29,30)5/h9,24-26,28-31,35-36H,6-8,10-23H2,1-5H3/t25-,26?,28?,29-,30?,31?,32+,33-/m1/s1. The van der Waals surface area contributed by atoms with E-state index in [1.165, 1.54) is 77.0 Å². The van der Waals surface area contributed by atoms with Crippen molar-refractivity contribution in [3.05, 3.63) is 11.6 Å². The molecule has 4 rings (SSSR count). The molecule has 0 aromatic heterocycles. The van der Waals surface area contributed by atoms with E-state index in [2.05, 4.69) is 45.6 Å². The first kappa shape index (κ1) is 28.6. The molecule has 4 aliphatic carbocycles. The summed E-state index contributed by atoms with van der Waals surface area (Å²) < 4.78 is 0. The van der Waals surface area contributed by atoms with Gasteiger partial charge in [0.05, 0.1) is 13.2 Å².